The monoisotopic (exact) mass is 357 g/mol. The van der Waals surface area contributed by atoms with Crippen LogP contribution in [0.5, 0.6) is 11.5 Å². The highest BCUT2D eigenvalue weighted by molar-refractivity contribution is 5.93. The number of amides is 1. The van der Waals surface area contributed by atoms with Crippen molar-refractivity contribution in [2.24, 2.45) is 5.92 Å². The van der Waals surface area contributed by atoms with Gasteiger partial charge in [0.2, 0.25) is 5.91 Å². The first kappa shape index (κ1) is 20.1. The lowest BCUT2D eigenvalue weighted by molar-refractivity contribution is -0.117. The van der Waals surface area contributed by atoms with E-state index in [-0.39, 0.29) is 29.2 Å². The molecule has 1 aliphatic carbocycles. The van der Waals surface area contributed by atoms with Crippen molar-refractivity contribution in [3.8, 4) is 11.5 Å². The van der Waals surface area contributed by atoms with Crippen molar-refractivity contribution in [3.63, 3.8) is 0 Å². The normalized spacial score (nSPS) is 19.7. The van der Waals surface area contributed by atoms with Crippen LogP contribution < -0.4 is 5.32 Å². The maximum absolute atomic E-state index is 12.1. The zero-order valence-corrected chi connectivity index (χ0v) is 16.1. The molecule has 26 heavy (non-hydrogen) atoms. The lowest BCUT2D eigenvalue weighted by Gasteiger charge is -2.31. The van der Waals surface area contributed by atoms with E-state index in [4.69, 9.17) is 0 Å². The fraction of sp³-hybridized carbons (Fsp3) is 0.500. The first-order chi connectivity index (χ1) is 12.4. The van der Waals surface area contributed by atoms with Crippen LogP contribution in [0, 0.1) is 5.92 Å². The van der Waals surface area contributed by atoms with Crippen molar-refractivity contribution in [2.45, 2.75) is 58.3 Å². The molecule has 0 aliphatic heterocycles. The number of allylic oxidation sites excluding steroid dienone is 2. The fourth-order valence-electron chi connectivity index (χ4n) is 3.84. The number of nitrogens with one attached hydrogen (secondary N) is 1. The summed E-state index contributed by atoms with van der Waals surface area (Å²) in [7, 11) is 1.61. The number of carbonyl (C=O) groups excluding carboxylic acids is 1. The third-order valence-corrected chi connectivity index (χ3v) is 5.29. The minimum atomic E-state index is -0.252. The Bertz CT molecular complexity index is 682. The highest BCUT2D eigenvalue weighted by atomic mass is 16.3. The van der Waals surface area contributed by atoms with E-state index in [1.807, 2.05) is 13.0 Å². The first-order valence-electron chi connectivity index (χ1n) is 9.51. The quantitative estimate of drug-likeness (QED) is 0.494. The molecule has 4 heteroatoms. The summed E-state index contributed by atoms with van der Waals surface area (Å²) >= 11 is 0. The molecule has 1 aromatic rings. The average Bonchev–Trinajstić information content (AvgIpc) is 2.60. The average molecular weight is 357 g/mol. The van der Waals surface area contributed by atoms with Gasteiger partial charge in [0.15, 0.2) is 0 Å². The van der Waals surface area contributed by atoms with Gasteiger partial charge in [0.1, 0.15) is 11.5 Å². The molecule has 0 fully saturated rings. The first-order valence-corrected chi connectivity index (χ1v) is 9.51. The maximum atomic E-state index is 12.1. The van der Waals surface area contributed by atoms with Gasteiger partial charge in [-0.3, -0.25) is 4.79 Å². The van der Waals surface area contributed by atoms with Crippen molar-refractivity contribution in [1.29, 1.82) is 0 Å². The highest BCUT2D eigenvalue weighted by Crippen LogP contribution is 2.46. The molecule has 0 spiro atoms. The second-order valence-corrected chi connectivity index (χ2v) is 7.29. The van der Waals surface area contributed by atoms with E-state index >= 15 is 0 Å². The lowest BCUT2D eigenvalue weighted by Crippen LogP contribution is -2.26. The number of aromatic hydroxyl groups is 2. The highest BCUT2D eigenvalue weighted by Gasteiger charge is 2.32. The van der Waals surface area contributed by atoms with Crippen LogP contribution in [0.3, 0.4) is 0 Å². The standard InChI is InChI=1S/C22H31NO3/c1-5-6-7-8-15-11-19(24)21(20(25)12-15)18-13-16(22(26)23-4)9-10-17(18)14(2)3/h11-13,17-18,24-25H,2,5-10H2,1,3-4H3,(H,23,26)/t17-,18+/m0/s1. The molecule has 0 radical (unpaired) electrons. The van der Waals surface area contributed by atoms with Gasteiger partial charge in [-0.25, -0.2) is 0 Å². The molecule has 1 amide bonds. The number of phenolic OH excluding ortho intramolecular Hbond substituents is 2. The molecular weight excluding hydrogens is 326 g/mol. The van der Waals surface area contributed by atoms with Crippen LogP contribution in [0.15, 0.2) is 35.9 Å². The van der Waals surface area contributed by atoms with E-state index in [0.717, 1.165) is 43.2 Å². The van der Waals surface area contributed by atoms with Crippen molar-refractivity contribution < 1.29 is 15.0 Å². The molecule has 0 saturated heterocycles. The molecular formula is C22H31NO3. The Balaban J connectivity index is 2.41. The molecule has 0 bridgehead atoms. The van der Waals surface area contributed by atoms with Crippen molar-refractivity contribution in [1.82, 2.24) is 5.32 Å². The molecule has 142 valence electrons. The van der Waals surface area contributed by atoms with Crippen LogP contribution in [0.2, 0.25) is 0 Å². The summed E-state index contributed by atoms with van der Waals surface area (Å²) < 4.78 is 0. The minimum absolute atomic E-state index is 0.0890. The number of likely N-dealkylation sites (N-methyl/N-ethyl adjacent to an activating group) is 1. The Labute approximate surface area is 156 Å². The second kappa shape index (κ2) is 8.93. The molecule has 2 rings (SSSR count). The maximum Gasteiger partial charge on any atom is 0.246 e. The SMILES string of the molecule is C=C(C)[C@@H]1CCC(C(=O)NC)=C[C@H]1c1c(O)cc(CCCCC)cc1O. The Morgan fingerprint density at radius 3 is 2.46 bits per heavy atom. The number of carbonyl (C=O) groups is 1. The molecule has 4 nitrogen and oxygen atoms in total. The predicted octanol–water partition coefficient (Wildman–Crippen LogP) is 4.57. The number of aryl methyl sites for hydroxylation is 1. The number of hydrogen-bond acceptors (Lipinski definition) is 3. The third kappa shape index (κ3) is 4.48. The fourth-order valence-corrected chi connectivity index (χ4v) is 3.84. The van der Waals surface area contributed by atoms with E-state index in [1.165, 1.54) is 0 Å². The zero-order chi connectivity index (χ0) is 19.3. The summed E-state index contributed by atoms with van der Waals surface area (Å²) in [5, 5.41) is 23.9. The van der Waals surface area contributed by atoms with Crippen LogP contribution in [-0.4, -0.2) is 23.2 Å². The van der Waals surface area contributed by atoms with E-state index in [9.17, 15) is 15.0 Å². The van der Waals surface area contributed by atoms with Gasteiger partial charge >= 0.3 is 0 Å². The van der Waals surface area contributed by atoms with Crippen molar-refractivity contribution in [3.05, 3.63) is 47.1 Å². The van der Waals surface area contributed by atoms with Gasteiger partial charge in [0.25, 0.3) is 0 Å². The number of rotatable bonds is 7. The smallest absolute Gasteiger partial charge is 0.246 e. The van der Waals surface area contributed by atoms with Crippen LogP contribution in [-0.2, 0) is 11.2 Å². The summed E-state index contributed by atoms with van der Waals surface area (Å²) in [6, 6.07) is 3.50. The summed E-state index contributed by atoms with van der Waals surface area (Å²) in [5.74, 6) is -0.0703. The summed E-state index contributed by atoms with van der Waals surface area (Å²) in [4.78, 5) is 12.1. The van der Waals surface area contributed by atoms with Crippen molar-refractivity contribution >= 4 is 5.91 Å². The van der Waals surface area contributed by atoms with E-state index in [0.29, 0.717) is 17.6 Å². The van der Waals surface area contributed by atoms with E-state index in [2.05, 4.69) is 18.8 Å². The van der Waals surface area contributed by atoms with Crippen molar-refractivity contribution in [2.75, 3.05) is 7.05 Å². The predicted molar refractivity (Wildman–Crippen MR) is 105 cm³/mol. The summed E-state index contributed by atoms with van der Waals surface area (Å²) in [5.41, 5.74) is 3.13. The second-order valence-electron chi connectivity index (χ2n) is 7.29. The van der Waals surface area contributed by atoms with Crippen LogP contribution in [0.1, 0.15) is 63.0 Å². The number of benzene rings is 1. The van der Waals surface area contributed by atoms with Gasteiger partial charge in [0, 0.05) is 24.1 Å². The van der Waals surface area contributed by atoms with Gasteiger partial charge in [-0.1, -0.05) is 38.0 Å². The molecule has 0 aromatic heterocycles. The Hall–Kier alpha value is -2.23. The number of unbranched alkanes of at least 4 members (excludes halogenated alkanes) is 2. The number of phenols is 2. The lowest BCUT2D eigenvalue weighted by atomic mass is 9.73. The van der Waals surface area contributed by atoms with Gasteiger partial charge < -0.3 is 15.5 Å². The van der Waals surface area contributed by atoms with E-state index < -0.39 is 0 Å². The Morgan fingerprint density at radius 2 is 1.92 bits per heavy atom. The molecule has 1 aliphatic rings. The van der Waals surface area contributed by atoms with Gasteiger partial charge in [-0.05, 0) is 56.2 Å². The Kier molecular flexibility index (Phi) is 6.90. The molecule has 1 aromatic carbocycles. The van der Waals surface area contributed by atoms with Gasteiger partial charge in [0.05, 0.1) is 0 Å². The largest absolute Gasteiger partial charge is 0.507 e. The molecule has 2 atom stereocenters. The molecule has 0 heterocycles. The summed E-state index contributed by atoms with van der Waals surface area (Å²) in [6.45, 7) is 8.19. The third-order valence-electron chi connectivity index (χ3n) is 5.29. The van der Waals surface area contributed by atoms with Crippen LogP contribution in [0.4, 0.5) is 0 Å². The van der Waals surface area contributed by atoms with Crippen LogP contribution in [0.25, 0.3) is 0 Å². The molecule has 0 unspecified atom stereocenters. The van der Waals surface area contributed by atoms with Gasteiger partial charge in [-0.2, -0.15) is 0 Å². The van der Waals surface area contributed by atoms with E-state index in [1.54, 1.807) is 19.2 Å². The zero-order valence-electron chi connectivity index (χ0n) is 16.1. The topological polar surface area (TPSA) is 69.6 Å². The summed E-state index contributed by atoms with van der Waals surface area (Å²) in [6.07, 6.45) is 7.46. The minimum Gasteiger partial charge on any atom is -0.507 e. The van der Waals surface area contributed by atoms with Crippen LogP contribution >= 0.6 is 0 Å². The number of hydrogen-bond donors (Lipinski definition) is 3. The van der Waals surface area contributed by atoms with Gasteiger partial charge in [-0.15, -0.1) is 0 Å². The molecule has 3 N–H and O–H groups in total. The Morgan fingerprint density at radius 1 is 1.27 bits per heavy atom. The molecule has 0 saturated carbocycles.